The molecule has 4 bridgehead atoms. The standard InChI is InChI=1S/C11H34O20Si8/c1-13-32(10,12)22-35(17-5)27-37(19-7)24-33(11,14-2)23-36(18-6)25-34(15-3,16-4)26-38(20-8,28-35)31-39(21-9,29-36)30-37/h12H,1-11H3/t32?,33-,35+,36+,37?,38+,39?/m0/s1. The molecule has 0 radical (unpaired) electrons. The quantitative estimate of drug-likeness (QED) is 0.226. The Morgan fingerprint density at radius 3 is 1.10 bits per heavy atom. The van der Waals surface area contributed by atoms with E-state index in [4.69, 9.17) is 81.0 Å². The van der Waals surface area contributed by atoms with E-state index in [2.05, 4.69) is 0 Å². The predicted octanol–water partition coefficient (Wildman–Crippen LogP) is -2.25. The summed E-state index contributed by atoms with van der Waals surface area (Å²) in [4.78, 5) is 10.8. The third-order valence-corrected chi connectivity index (χ3v) is 31.7. The highest BCUT2D eigenvalue weighted by atomic mass is 28.6. The predicted molar refractivity (Wildman–Crippen MR) is 134 cm³/mol. The van der Waals surface area contributed by atoms with Gasteiger partial charge in [0, 0.05) is 77.1 Å². The molecule has 3 heterocycles. The summed E-state index contributed by atoms with van der Waals surface area (Å²) in [6.07, 6.45) is 0. The van der Waals surface area contributed by atoms with Gasteiger partial charge < -0.3 is 85.8 Å². The molecular weight excluding hydrogens is 677 g/mol. The van der Waals surface area contributed by atoms with Gasteiger partial charge in [-0.2, -0.15) is 0 Å². The fourth-order valence-corrected chi connectivity index (χ4v) is 33.9. The third-order valence-electron chi connectivity index (χ3n) is 5.18. The molecule has 0 aromatic carbocycles. The van der Waals surface area contributed by atoms with Gasteiger partial charge in [0.05, 0.1) is 0 Å². The second-order valence-corrected chi connectivity index (χ2v) is 29.0. The van der Waals surface area contributed by atoms with Crippen molar-refractivity contribution in [2.24, 2.45) is 0 Å². The summed E-state index contributed by atoms with van der Waals surface area (Å²) in [6, 6.07) is 0. The van der Waals surface area contributed by atoms with Crippen molar-refractivity contribution in [1.29, 1.82) is 0 Å². The van der Waals surface area contributed by atoms with Crippen LogP contribution in [0.4, 0.5) is 0 Å². The highest BCUT2D eigenvalue weighted by molar-refractivity contribution is 6.93. The van der Waals surface area contributed by atoms with E-state index in [0.717, 1.165) is 7.11 Å². The average molecular weight is 711 g/mol. The van der Waals surface area contributed by atoms with Crippen molar-refractivity contribution in [2.75, 3.05) is 64.0 Å². The maximum Gasteiger partial charge on any atom is 0.667 e. The maximum absolute atomic E-state index is 10.8. The zero-order valence-corrected chi connectivity index (χ0v) is 31.2. The third kappa shape index (κ3) is 6.87. The van der Waals surface area contributed by atoms with Crippen LogP contribution in [0.25, 0.3) is 0 Å². The molecule has 230 valence electrons. The van der Waals surface area contributed by atoms with Crippen LogP contribution in [0.2, 0.25) is 13.1 Å². The molecule has 3 aliphatic rings. The van der Waals surface area contributed by atoms with Crippen LogP contribution in [0.5, 0.6) is 0 Å². The van der Waals surface area contributed by atoms with Crippen LogP contribution in [0.1, 0.15) is 0 Å². The van der Waals surface area contributed by atoms with Gasteiger partial charge in [0.2, 0.25) is 0 Å². The second-order valence-electron chi connectivity index (χ2n) is 7.62. The Labute approximate surface area is 234 Å². The van der Waals surface area contributed by atoms with Gasteiger partial charge in [-0.1, -0.05) is 0 Å². The molecule has 1 N–H and O–H groups in total. The summed E-state index contributed by atoms with van der Waals surface area (Å²) in [5, 5.41) is 0. The van der Waals surface area contributed by atoms with Crippen molar-refractivity contribution in [3.8, 4) is 0 Å². The van der Waals surface area contributed by atoms with E-state index in [0.29, 0.717) is 0 Å². The van der Waals surface area contributed by atoms with E-state index in [1.54, 1.807) is 0 Å². The highest BCUT2D eigenvalue weighted by Crippen LogP contribution is 2.43. The lowest BCUT2D eigenvalue weighted by molar-refractivity contribution is -0.115. The smallest absolute Gasteiger partial charge is 0.390 e. The molecule has 0 aromatic heterocycles. The number of fused-ring (bicyclic) bond motifs is 3. The largest absolute Gasteiger partial charge is 0.667 e. The Morgan fingerprint density at radius 1 is 0.462 bits per heavy atom. The Kier molecular flexibility index (Phi) is 10.7. The van der Waals surface area contributed by atoms with E-state index < -0.39 is 71.9 Å². The highest BCUT2D eigenvalue weighted by Gasteiger charge is 2.84. The molecule has 39 heavy (non-hydrogen) atoms. The molecule has 7 atom stereocenters. The van der Waals surface area contributed by atoms with Crippen LogP contribution < -0.4 is 0 Å². The van der Waals surface area contributed by atoms with Gasteiger partial charge in [0.15, 0.2) is 0 Å². The second kappa shape index (κ2) is 12.1. The average Bonchev–Trinajstić information content (AvgIpc) is 2.89. The van der Waals surface area contributed by atoms with Gasteiger partial charge in [-0.3, -0.25) is 0 Å². The fourth-order valence-electron chi connectivity index (χ4n) is 3.11. The van der Waals surface area contributed by atoms with E-state index in [9.17, 15) is 4.80 Å². The van der Waals surface area contributed by atoms with Crippen LogP contribution in [0, 0.1) is 0 Å². The van der Waals surface area contributed by atoms with Gasteiger partial charge in [0.25, 0.3) is 0 Å². The van der Waals surface area contributed by atoms with E-state index >= 15 is 0 Å². The molecule has 3 unspecified atom stereocenters. The Bertz CT molecular complexity index is 860. The van der Waals surface area contributed by atoms with Gasteiger partial charge in [0.1, 0.15) is 0 Å². The minimum atomic E-state index is -4.80. The molecule has 0 aliphatic carbocycles. The first-order valence-corrected chi connectivity index (χ1v) is 25.1. The Balaban J connectivity index is 2.39. The van der Waals surface area contributed by atoms with E-state index in [-0.39, 0.29) is 0 Å². The van der Waals surface area contributed by atoms with E-state index in [1.807, 2.05) is 0 Å². The lowest BCUT2D eigenvalue weighted by Gasteiger charge is -2.52. The van der Waals surface area contributed by atoms with Crippen molar-refractivity contribution in [3.05, 3.63) is 0 Å². The zero-order valence-electron chi connectivity index (χ0n) is 23.2. The van der Waals surface area contributed by atoms with Crippen LogP contribution in [-0.2, 0) is 81.0 Å². The summed E-state index contributed by atoms with van der Waals surface area (Å²) in [6.45, 7) is 2.72. The van der Waals surface area contributed by atoms with Crippen molar-refractivity contribution in [3.63, 3.8) is 0 Å². The molecule has 3 aliphatic heterocycles. The molecule has 3 saturated heterocycles. The van der Waals surface area contributed by atoms with Crippen LogP contribution in [0.3, 0.4) is 0 Å². The minimum Gasteiger partial charge on any atom is -0.390 e. The lowest BCUT2D eigenvalue weighted by Crippen LogP contribution is -2.84. The van der Waals surface area contributed by atoms with Crippen LogP contribution >= 0.6 is 0 Å². The normalized spacial score (nSPS) is 44.0. The summed E-state index contributed by atoms with van der Waals surface area (Å²) in [7, 11) is -25.0. The van der Waals surface area contributed by atoms with Crippen molar-refractivity contribution >= 4 is 71.9 Å². The molecule has 0 spiro atoms. The first kappa shape index (κ1) is 34.4. The van der Waals surface area contributed by atoms with Crippen molar-refractivity contribution < 1.29 is 85.8 Å². The van der Waals surface area contributed by atoms with Crippen LogP contribution in [-0.4, -0.2) is 141 Å². The number of rotatable bonds is 11. The maximum atomic E-state index is 10.8. The molecule has 0 amide bonds. The lowest BCUT2D eigenvalue weighted by atomic mass is 11.8. The van der Waals surface area contributed by atoms with Crippen molar-refractivity contribution in [1.82, 2.24) is 0 Å². The summed E-state index contributed by atoms with van der Waals surface area (Å²) in [5.74, 6) is 0. The first-order chi connectivity index (χ1) is 18.1. The van der Waals surface area contributed by atoms with Gasteiger partial charge in [-0.25, -0.2) is 0 Å². The Morgan fingerprint density at radius 2 is 0.795 bits per heavy atom. The zero-order chi connectivity index (χ0) is 29.4. The van der Waals surface area contributed by atoms with E-state index in [1.165, 1.54) is 70.0 Å². The van der Waals surface area contributed by atoms with Gasteiger partial charge in [-0.15, -0.1) is 0 Å². The van der Waals surface area contributed by atoms with Crippen molar-refractivity contribution in [2.45, 2.75) is 13.1 Å². The molecule has 3 fully saturated rings. The number of hydrogen-bond acceptors (Lipinski definition) is 20. The van der Waals surface area contributed by atoms with Gasteiger partial charge in [-0.05, 0) is 0 Å². The number of hydrogen-bond donors (Lipinski definition) is 1. The SMILES string of the molecule is CO[Si](C)(O)O[Si@]1(OC)O[Si]2(OC)O[Si]3(OC)O[Si@@](OC)(O[Si](OC)(OC)O[Si@@](OC)(O3)O1)O[Si@](C)(OC)O2. The fraction of sp³-hybridized carbons (Fsp3) is 1.00. The minimum absolute atomic E-state index is 1.16. The monoisotopic (exact) mass is 710 g/mol. The molecule has 0 aromatic rings. The van der Waals surface area contributed by atoms with Gasteiger partial charge >= 0.3 is 71.9 Å². The first-order valence-electron chi connectivity index (χ1n) is 10.8. The summed E-state index contributed by atoms with van der Waals surface area (Å²) in [5.41, 5.74) is 0. The molecular formula is C11H34O20Si8. The molecule has 0 saturated carbocycles. The summed E-state index contributed by atoms with van der Waals surface area (Å²) < 4.78 is 112. The van der Waals surface area contributed by atoms with Crippen LogP contribution in [0.15, 0.2) is 0 Å². The topological polar surface area (TPSA) is 196 Å². The molecule has 28 heteroatoms. The molecule has 3 rings (SSSR count). The molecule has 20 nitrogen and oxygen atoms in total. The Hall–Kier alpha value is 0.935. The summed E-state index contributed by atoms with van der Waals surface area (Å²) >= 11 is 0.